The first kappa shape index (κ1) is 16.8. The largest absolute Gasteiger partial charge is 0.355 e. The Morgan fingerprint density at radius 3 is 1.20 bits per heavy atom. The van der Waals surface area contributed by atoms with Crippen LogP contribution in [0.15, 0.2) is 0 Å². The molecule has 0 spiro atoms. The summed E-state index contributed by atoms with van der Waals surface area (Å²) in [6, 6.07) is 0. The first-order valence-corrected chi connectivity index (χ1v) is 8.68. The van der Waals surface area contributed by atoms with Gasteiger partial charge in [-0.3, -0.25) is 9.80 Å². The molecule has 0 atom stereocenters. The minimum Gasteiger partial charge on any atom is -0.355 e. The monoisotopic (exact) mass is 350 g/mol. The summed E-state index contributed by atoms with van der Waals surface area (Å²) in [5.41, 5.74) is 0. The average Bonchev–Trinajstić information content (AvgIpc) is 2.46. The van der Waals surface area contributed by atoms with E-state index in [1.807, 2.05) is 0 Å². The van der Waals surface area contributed by atoms with Gasteiger partial charge in [0, 0.05) is 65.4 Å². The lowest BCUT2D eigenvalue weighted by atomic mass is 10.3. The summed E-state index contributed by atoms with van der Waals surface area (Å²) >= 11 is 18.7. The number of hydrogen-bond donors (Lipinski definition) is 2. The second-order valence-electron chi connectivity index (χ2n) is 5.22. The average molecular weight is 351 g/mol. The van der Waals surface area contributed by atoms with Gasteiger partial charge in [0.2, 0.25) is 0 Å². The van der Waals surface area contributed by atoms with Crippen LogP contribution in [0.2, 0.25) is 0 Å². The number of piperazine rings is 2. The van der Waals surface area contributed by atoms with Gasteiger partial charge in [0.25, 0.3) is 0 Å². The van der Waals surface area contributed by atoms with E-state index in [4.69, 9.17) is 24.4 Å². The van der Waals surface area contributed by atoms with Crippen molar-refractivity contribution in [1.82, 2.24) is 19.6 Å². The second-order valence-corrected chi connectivity index (χ2v) is 7.45. The van der Waals surface area contributed by atoms with E-state index in [1.54, 1.807) is 0 Å². The molecule has 0 radical (unpaired) electrons. The predicted octanol–water partition coefficient (Wildman–Crippen LogP) is 0.651. The molecule has 0 aromatic rings. The predicted molar refractivity (Wildman–Crippen MR) is 99.2 cm³/mol. The fourth-order valence-electron chi connectivity index (χ4n) is 2.61. The molecule has 2 fully saturated rings. The van der Waals surface area contributed by atoms with Crippen molar-refractivity contribution in [3.05, 3.63) is 0 Å². The van der Waals surface area contributed by atoms with Crippen LogP contribution in [-0.4, -0.2) is 93.7 Å². The van der Waals surface area contributed by atoms with Crippen LogP contribution in [0.1, 0.15) is 0 Å². The molecule has 2 aliphatic heterocycles. The van der Waals surface area contributed by atoms with Gasteiger partial charge in [0.05, 0.1) is 0 Å². The van der Waals surface area contributed by atoms with Crippen molar-refractivity contribution < 1.29 is 0 Å². The van der Waals surface area contributed by atoms with Gasteiger partial charge in [0.1, 0.15) is 8.64 Å². The molecular weight excluding hydrogens is 328 g/mol. The van der Waals surface area contributed by atoms with E-state index in [0.29, 0.717) is 0 Å². The maximum Gasteiger partial charge on any atom is 0.133 e. The van der Waals surface area contributed by atoms with Crippen molar-refractivity contribution in [1.29, 1.82) is 0 Å². The van der Waals surface area contributed by atoms with Gasteiger partial charge in [-0.1, -0.05) is 24.4 Å². The van der Waals surface area contributed by atoms with Gasteiger partial charge in [-0.25, -0.2) is 0 Å². The Morgan fingerprint density at radius 1 is 0.650 bits per heavy atom. The fourth-order valence-corrected chi connectivity index (χ4v) is 3.37. The molecule has 2 aliphatic rings. The van der Waals surface area contributed by atoms with Crippen molar-refractivity contribution in [2.75, 3.05) is 65.4 Å². The molecule has 2 rings (SSSR count). The molecule has 0 aliphatic carbocycles. The van der Waals surface area contributed by atoms with Crippen molar-refractivity contribution >= 4 is 58.3 Å². The van der Waals surface area contributed by atoms with Crippen LogP contribution in [0.25, 0.3) is 0 Å². The van der Waals surface area contributed by atoms with Gasteiger partial charge >= 0.3 is 0 Å². The van der Waals surface area contributed by atoms with Crippen LogP contribution in [-0.2, 0) is 0 Å². The van der Waals surface area contributed by atoms with Gasteiger partial charge < -0.3 is 9.80 Å². The molecule has 8 heteroatoms. The Labute approximate surface area is 143 Å². The van der Waals surface area contributed by atoms with Crippen LogP contribution in [0.5, 0.6) is 0 Å². The number of rotatable bonds is 3. The quantitative estimate of drug-likeness (QED) is 0.569. The Balaban J connectivity index is 1.62. The Morgan fingerprint density at radius 2 is 0.950 bits per heavy atom. The molecule has 0 bridgehead atoms. The summed E-state index contributed by atoms with van der Waals surface area (Å²) in [5, 5.41) is 0. The first-order valence-electron chi connectivity index (χ1n) is 6.96. The molecule has 4 nitrogen and oxygen atoms in total. The maximum absolute atomic E-state index is 5.10. The third kappa shape index (κ3) is 4.99. The highest BCUT2D eigenvalue weighted by Gasteiger charge is 2.20. The highest BCUT2D eigenvalue weighted by Crippen LogP contribution is 2.07. The van der Waals surface area contributed by atoms with Crippen LogP contribution < -0.4 is 0 Å². The molecule has 114 valence electrons. The van der Waals surface area contributed by atoms with Gasteiger partial charge in [-0.15, -0.1) is 25.3 Å². The second kappa shape index (κ2) is 8.14. The van der Waals surface area contributed by atoms with Crippen molar-refractivity contribution in [3.8, 4) is 0 Å². The van der Waals surface area contributed by atoms with Crippen LogP contribution in [0.4, 0.5) is 0 Å². The molecule has 0 amide bonds. The zero-order chi connectivity index (χ0) is 14.5. The lowest BCUT2D eigenvalue weighted by Gasteiger charge is -2.38. The third-order valence-corrected chi connectivity index (χ3v) is 5.10. The zero-order valence-electron chi connectivity index (χ0n) is 11.6. The number of thiocarbonyl (C=S) groups is 2. The van der Waals surface area contributed by atoms with Gasteiger partial charge in [0.15, 0.2) is 0 Å². The lowest BCUT2D eigenvalue weighted by Crippen LogP contribution is -2.52. The number of hydrogen-bond acceptors (Lipinski definition) is 4. The van der Waals surface area contributed by atoms with E-state index in [0.717, 1.165) is 74.1 Å². The van der Waals surface area contributed by atoms with Crippen molar-refractivity contribution in [3.63, 3.8) is 0 Å². The molecule has 0 saturated carbocycles. The normalized spacial score (nSPS) is 22.1. The highest BCUT2D eigenvalue weighted by atomic mass is 32.1. The maximum atomic E-state index is 5.10. The van der Waals surface area contributed by atoms with Crippen molar-refractivity contribution in [2.45, 2.75) is 0 Å². The smallest absolute Gasteiger partial charge is 0.133 e. The third-order valence-electron chi connectivity index (χ3n) is 4.02. The van der Waals surface area contributed by atoms with E-state index in [-0.39, 0.29) is 0 Å². The Bertz CT molecular complexity index is 315. The van der Waals surface area contributed by atoms with Gasteiger partial charge in [-0.05, 0) is 0 Å². The lowest BCUT2D eigenvalue weighted by molar-refractivity contribution is 0.134. The minimum absolute atomic E-state index is 0.725. The summed E-state index contributed by atoms with van der Waals surface area (Å²) in [6.45, 7) is 10.6. The van der Waals surface area contributed by atoms with E-state index >= 15 is 0 Å². The molecular formula is C12H22N4S4. The van der Waals surface area contributed by atoms with E-state index < -0.39 is 0 Å². The minimum atomic E-state index is 0.725. The summed E-state index contributed by atoms with van der Waals surface area (Å²) in [4.78, 5) is 9.36. The SMILES string of the molecule is S=C(S)N1CCN(CCN2CCN(C(=S)S)CC2)CC1. The molecule has 0 aromatic heterocycles. The summed E-state index contributed by atoms with van der Waals surface area (Å²) < 4.78 is 1.45. The van der Waals surface area contributed by atoms with E-state index in [1.165, 1.54) is 0 Å². The van der Waals surface area contributed by atoms with Crippen LogP contribution in [0, 0.1) is 0 Å². The number of nitrogens with zero attached hydrogens (tertiary/aromatic N) is 4. The van der Waals surface area contributed by atoms with Gasteiger partial charge in [-0.2, -0.15) is 0 Å². The topological polar surface area (TPSA) is 13.0 Å². The number of thiol groups is 2. The standard InChI is InChI=1S/C12H22N4S4/c17-11(18)15-7-3-13(4-8-15)1-2-14-5-9-16(10-6-14)12(19)20/h1-10H2,(H,17,18)(H,19,20). The molecule has 2 heterocycles. The summed E-state index contributed by atoms with van der Waals surface area (Å²) in [5.74, 6) is 0. The molecule has 20 heavy (non-hydrogen) atoms. The zero-order valence-corrected chi connectivity index (χ0v) is 15.0. The summed E-state index contributed by atoms with van der Waals surface area (Å²) in [6.07, 6.45) is 0. The Kier molecular flexibility index (Phi) is 6.83. The molecule has 0 unspecified atom stereocenters. The van der Waals surface area contributed by atoms with Crippen molar-refractivity contribution in [2.24, 2.45) is 0 Å². The van der Waals surface area contributed by atoms with E-state index in [2.05, 4.69) is 44.9 Å². The first-order chi connectivity index (χ1) is 9.56. The molecule has 0 aromatic carbocycles. The molecule has 2 saturated heterocycles. The van der Waals surface area contributed by atoms with E-state index in [9.17, 15) is 0 Å². The fraction of sp³-hybridized carbons (Fsp3) is 0.833. The summed E-state index contributed by atoms with van der Waals surface area (Å²) in [7, 11) is 0. The molecule has 0 N–H and O–H groups in total. The van der Waals surface area contributed by atoms with Crippen LogP contribution >= 0.6 is 49.7 Å². The van der Waals surface area contributed by atoms with Crippen LogP contribution in [0.3, 0.4) is 0 Å². The highest BCUT2D eigenvalue weighted by molar-refractivity contribution is 8.11. The Hall–Kier alpha value is 0.400.